The number of hydrogen-bond acceptors (Lipinski definition) is 2. The molecule has 2 aromatic rings. The van der Waals surface area contributed by atoms with E-state index in [-0.39, 0.29) is 12.1 Å². The highest BCUT2D eigenvalue weighted by atomic mass is 16.5. The van der Waals surface area contributed by atoms with Gasteiger partial charge in [0.2, 0.25) is 0 Å². The van der Waals surface area contributed by atoms with Gasteiger partial charge >= 0.3 is 0 Å². The smallest absolute Gasteiger partial charge is 0.119 e. The van der Waals surface area contributed by atoms with Gasteiger partial charge in [0.15, 0.2) is 0 Å². The predicted molar refractivity (Wildman–Crippen MR) is 74.7 cm³/mol. The maximum atomic E-state index is 6.23. The van der Waals surface area contributed by atoms with Crippen LogP contribution in [-0.2, 0) is 0 Å². The van der Waals surface area contributed by atoms with Crippen molar-refractivity contribution < 1.29 is 4.74 Å². The van der Waals surface area contributed by atoms with Crippen molar-refractivity contribution in [3.05, 3.63) is 65.7 Å². The van der Waals surface area contributed by atoms with E-state index in [0.29, 0.717) is 0 Å². The Bertz CT molecular complexity index is 476. The quantitative estimate of drug-likeness (QED) is 0.888. The molecule has 2 nitrogen and oxygen atoms in total. The molecule has 18 heavy (non-hydrogen) atoms. The standard InChI is InChI=1S/C16H19NO/c1-12(2)18-15-10-8-14(9-11-15)16(17)13-6-4-3-5-7-13/h3-12,16H,17H2,1-2H3. The molecule has 2 N–H and O–H groups in total. The molecule has 0 heterocycles. The minimum Gasteiger partial charge on any atom is -0.491 e. The summed E-state index contributed by atoms with van der Waals surface area (Å²) in [4.78, 5) is 0. The Balaban J connectivity index is 2.14. The van der Waals surface area contributed by atoms with Crippen LogP contribution < -0.4 is 10.5 Å². The highest BCUT2D eigenvalue weighted by molar-refractivity contribution is 5.35. The molecule has 0 radical (unpaired) electrons. The maximum Gasteiger partial charge on any atom is 0.119 e. The Morgan fingerprint density at radius 3 is 1.94 bits per heavy atom. The van der Waals surface area contributed by atoms with Gasteiger partial charge in [-0.3, -0.25) is 0 Å². The molecule has 1 atom stereocenters. The summed E-state index contributed by atoms with van der Waals surface area (Å²) in [6, 6.07) is 18.0. The summed E-state index contributed by atoms with van der Waals surface area (Å²) in [6.45, 7) is 4.03. The van der Waals surface area contributed by atoms with Crippen LogP contribution in [0.4, 0.5) is 0 Å². The lowest BCUT2D eigenvalue weighted by Crippen LogP contribution is -2.11. The summed E-state index contributed by atoms with van der Waals surface area (Å²) >= 11 is 0. The Labute approximate surface area is 108 Å². The summed E-state index contributed by atoms with van der Waals surface area (Å²) in [5.41, 5.74) is 8.44. The van der Waals surface area contributed by atoms with Gasteiger partial charge in [-0.15, -0.1) is 0 Å². The van der Waals surface area contributed by atoms with Gasteiger partial charge in [0.25, 0.3) is 0 Å². The second-order valence-corrected chi connectivity index (χ2v) is 4.62. The minimum atomic E-state index is -0.0840. The molecule has 0 amide bonds. The number of rotatable bonds is 4. The van der Waals surface area contributed by atoms with Gasteiger partial charge in [0, 0.05) is 0 Å². The summed E-state index contributed by atoms with van der Waals surface area (Å²) in [5.74, 6) is 0.883. The first-order valence-corrected chi connectivity index (χ1v) is 6.24. The molecular weight excluding hydrogens is 222 g/mol. The third-order valence-corrected chi connectivity index (χ3v) is 2.77. The summed E-state index contributed by atoms with van der Waals surface area (Å²) in [5, 5.41) is 0. The zero-order valence-corrected chi connectivity index (χ0v) is 10.8. The molecule has 0 aliphatic carbocycles. The number of nitrogens with two attached hydrogens (primary N) is 1. The second kappa shape index (κ2) is 5.69. The largest absolute Gasteiger partial charge is 0.491 e. The van der Waals surface area contributed by atoms with E-state index < -0.39 is 0 Å². The van der Waals surface area contributed by atoms with Crippen molar-refractivity contribution >= 4 is 0 Å². The van der Waals surface area contributed by atoms with Crippen LogP contribution in [0.25, 0.3) is 0 Å². The van der Waals surface area contributed by atoms with Crippen molar-refractivity contribution in [1.82, 2.24) is 0 Å². The zero-order valence-electron chi connectivity index (χ0n) is 10.8. The SMILES string of the molecule is CC(C)Oc1ccc(C(N)c2ccccc2)cc1. The van der Waals surface area contributed by atoms with Crippen LogP contribution in [0.5, 0.6) is 5.75 Å². The van der Waals surface area contributed by atoms with E-state index in [0.717, 1.165) is 16.9 Å². The molecule has 0 aliphatic heterocycles. The Hall–Kier alpha value is -1.80. The molecule has 2 aromatic carbocycles. The average Bonchev–Trinajstić information content (AvgIpc) is 2.39. The average molecular weight is 241 g/mol. The molecule has 0 aliphatic rings. The van der Waals surface area contributed by atoms with E-state index in [4.69, 9.17) is 10.5 Å². The molecule has 0 spiro atoms. The van der Waals surface area contributed by atoms with Gasteiger partial charge < -0.3 is 10.5 Å². The van der Waals surface area contributed by atoms with E-state index in [1.54, 1.807) is 0 Å². The lowest BCUT2D eigenvalue weighted by atomic mass is 10.00. The lowest BCUT2D eigenvalue weighted by molar-refractivity contribution is 0.242. The predicted octanol–water partition coefficient (Wildman–Crippen LogP) is 3.52. The molecule has 94 valence electrons. The van der Waals surface area contributed by atoms with Crippen molar-refractivity contribution in [3.8, 4) is 5.75 Å². The van der Waals surface area contributed by atoms with Crippen LogP contribution in [0.3, 0.4) is 0 Å². The van der Waals surface area contributed by atoms with Crippen molar-refractivity contribution in [3.63, 3.8) is 0 Å². The van der Waals surface area contributed by atoms with Crippen LogP contribution in [0.1, 0.15) is 31.0 Å². The molecule has 0 saturated heterocycles. The first-order chi connectivity index (χ1) is 8.66. The minimum absolute atomic E-state index is 0.0840. The van der Waals surface area contributed by atoms with Crippen molar-refractivity contribution in [2.75, 3.05) is 0 Å². The van der Waals surface area contributed by atoms with Gasteiger partial charge in [-0.2, -0.15) is 0 Å². The van der Waals surface area contributed by atoms with Crippen molar-refractivity contribution in [1.29, 1.82) is 0 Å². The fourth-order valence-corrected chi connectivity index (χ4v) is 1.88. The Kier molecular flexibility index (Phi) is 4.00. The third kappa shape index (κ3) is 3.11. The molecule has 0 bridgehead atoms. The van der Waals surface area contributed by atoms with Crippen molar-refractivity contribution in [2.45, 2.75) is 26.0 Å². The van der Waals surface area contributed by atoms with Crippen LogP contribution in [0.15, 0.2) is 54.6 Å². The summed E-state index contributed by atoms with van der Waals surface area (Å²) < 4.78 is 5.61. The van der Waals surface area contributed by atoms with Gasteiger partial charge in [-0.05, 0) is 37.1 Å². The first kappa shape index (κ1) is 12.7. The first-order valence-electron chi connectivity index (χ1n) is 6.24. The number of ether oxygens (including phenoxy) is 1. The second-order valence-electron chi connectivity index (χ2n) is 4.62. The summed E-state index contributed by atoms with van der Waals surface area (Å²) in [6.07, 6.45) is 0.193. The Morgan fingerprint density at radius 2 is 1.39 bits per heavy atom. The molecule has 0 saturated carbocycles. The molecule has 2 heteroatoms. The highest BCUT2D eigenvalue weighted by Gasteiger charge is 2.08. The van der Waals surface area contributed by atoms with Gasteiger partial charge in [0.1, 0.15) is 5.75 Å². The van der Waals surface area contributed by atoms with Crippen LogP contribution >= 0.6 is 0 Å². The molecular formula is C16H19NO. The zero-order chi connectivity index (χ0) is 13.0. The fraction of sp³-hybridized carbons (Fsp3) is 0.250. The lowest BCUT2D eigenvalue weighted by Gasteiger charge is -2.14. The molecule has 1 unspecified atom stereocenters. The third-order valence-electron chi connectivity index (χ3n) is 2.77. The fourth-order valence-electron chi connectivity index (χ4n) is 1.88. The molecule has 2 rings (SSSR count). The number of hydrogen-bond donors (Lipinski definition) is 1. The van der Waals surface area contributed by atoms with E-state index in [1.165, 1.54) is 0 Å². The molecule has 0 fully saturated rings. The highest BCUT2D eigenvalue weighted by Crippen LogP contribution is 2.22. The Morgan fingerprint density at radius 1 is 0.833 bits per heavy atom. The molecule has 0 aromatic heterocycles. The monoisotopic (exact) mass is 241 g/mol. The maximum absolute atomic E-state index is 6.23. The topological polar surface area (TPSA) is 35.2 Å². The van der Waals surface area contributed by atoms with Gasteiger partial charge in [-0.1, -0.05) is 42.5 Å². The van der Waals surface area contributed by atoms with Crippen LogP contribution in [0.2, 0.25) is 0 Å². The van der Waals surface area contributed by atoms with Gasteiger partial charge in [0.05, 0.1) is 12.1 Å². The normalized spacial score (nSPS) is 12.4. The number of benzene rings is 2. The van der Waals surface area contributed by atoms with E-state index in [2.05, 4.69) is 0 Å². The van der Waals surface area contributed by atoms with E-state index in [9.17, 15) is 0 Å². The summed E-state index contributed by atoms with van der Waals surface area (Å²) in [7, 11) is 0. The van der Waals surface area contributed by atoms with E-state index in [1.807, 2.05) is 68.4 Å². The van der Waals surface area contributed by atoms with Crippen LogP contribution in [-0.4, -0.2) is 6.10 Å². The van der Waals surface area contributed by atoms with Crippen LogP contribution in [0, 0.1) is 0 Å². The van der Waals surface area contributed by atoms with E-state index >= 15 is 0 Å². The van der Waals surface area contributed by atoms with Crippen molar-refractivity contribution in [2.24, 2.45) is 5.73 Å². The van der Waals surface area contributed by atoms with Gasteiger partial charge in [-0.25, -0.2) is 0 Å².